The molecule has 4 saturated heterocycles. The maximum absolute atomic E-state index is 13.3. The lowest BCUT2D eigenvalue weighted by atomic mass is 9.94. The van der Waals surface area contributed by atoms with Crippen molar-refractivity contribution in [3.8, 4) is 11.1 Å². The van der Waals surface area contributed by atoms with Gasteiger partial charge in [0.15, 0.2) is 31.2 Å². The molecule has 74 heavy (non-hydrogen) atoms. The maximum atomic E-state index is 13.3. The number of hydrogen-bond acceptors (Lipinski definition) is 24. The molecule has 5 aliphatic rings. The van der Waals surface area contributed by atoms with E-state index in [1.54, 1.807) is 0 Å². The van der Waals surface area contributed by atoms with E-state index in [-0.39, 0.29) is 12.5 Å². The molecular weight excluding hydrogens is 995 g/mol. The van der Waals surface area contributed by atoms with Gasteiger partial charge >= 0.3 is 12.1 Å². The molecule has 4 aliphatic heterocycles. The van der Waals surface area contributed by atoms with Gasteiger partial charge in [-0.1, -0.05) is 48.5 Å². The zero-order valence-electron chi connectivity index (χ0n) is 39.7. The van der Waals surface area contributed by atoms with Crippen molar-refractivity contribution in [1.82, 2.24) is 16.0 Å². The molecule has 4 heterocycles. The molecule has 0 unspecified atom stereocenters. The summed E-state index contributed by atoms with van der Waals surface area (Å²) in [7, 11) is 0. The number of aliphatic hydroxyl groups excluding tert-OH is 11. The molecule has 4 fully saturated rings. The van der Waals surface area contributed by atoms with Crippen LogP contribution in [-0.4, -0.2) is 254 Å². The highest BCUT2D eigenvalue weighted by atomic mass is 16.8. The molecule has 0 bridgehead atoms. The molecule has 2 aromatic rings. The fraction of sp³-hybridized carbons (Fsp3) is 0.652. The van der Waals surface area contributed by atoms with Crippen LogP contribution in [0.1, 0.15) is 30.9 Å². The van der Waals surface area contributed by atoms with Crippen molar-refractivity contribution in [1.29, 1.82) is 0 Å². The van der Waals surface area contributed by atoms with Gasteiger partial charge in [-0.15, -0.1) is 0 Å². The minimum Gasteiger partial charge on any atom is -0.480 e. The maximum Gasteiger partial charge on any atom is 0.407 e. The first-order valence-electron chi connectivity index (χ1n) is 23.6. The van der Waals surface area contributed by atoms with E-state index in [2.05, 4.69) is 16.0 Å². The molecule has 0 aromatic heterocycles. The summed E-state index contributed by atoms with van der Waals surface area (Å²) >= 11 is 0. The second-order valence-corrected chi connectivity index (χ2v) is 18.3. The summed E-state index contributed by atoms with van der Waals surface area (Å²) < 4.78 is 52.0. The molecule has 28 heteroatoms. The lowest BCUT2D eigenvalue weighted by Crippen LogP contribution is -2.69. The Morgan fingerprint density at radius 1 is 0.541 bits per heavy atom. The van der Waals surface area contributed by atoms with Gasteiger partial charge in [0, 0.05) is 19.8 Å². The molecule has 0 spiro atoms. The highest BCUT2D eigenvalue weighted by Gasteiger charge is 2.55. The van der Waals surface area contributed by atoms with Crippen LogP contribution in [-0.2, 0) is 57.0 Å². The summed E-state index contributed by atoms with van der Waals surface area (Å²) in [6.07, 6.45) is -33.8. The van der Waals surface area contributed by atoms with Crippen LogP contribution < -0.4 is 16.0 Å². The molecule has 7 rings (SSSR count). The summed E-state index contributed by atoms with van der Waals surface area (Å²) in [4.78, 5) is 51.1. The second kappa shape index (κ2) is 25.0. The Kier molecular flexibility index (Phi) is 19.3. The second-order valence-electron chi connectivity index (χ2n) is 18.3. The SMILES string of the molecule is CC(=O)N[C@H]1[C@H](OC[C@H]2O[C@H](OC[C@H](NC(=O)OCC3c4ccccc4-c4ccccc43)C(=O)O)[C@H](NC(C)=O)[C@@H](O[C@@H]3O[C@H](CO)[C@H](O)[C@H](O)[C@H]3O)[C@H]2O)O[C@H](CO)[C@@H](O[C@@H]2O[C@H](CO)[C@H](O)[C@H](O)[C@H]2O)[C@@H]1O. The number of benzene rings is 2. The van der Waals surface area contributed by atoms with E-state index in [9.17, 15) is 80.5 Å². The Labute approximate surface area is 421 Å². The Bertz CT molecular complexity index is 2180. The van der Waals surface area contributed by atoms with Crippen LogP contribution in [0.25, 0.3) is 11.1 Å². The first kappa shape index (κ1) is 57.1. The summed E-state index contributed by atoms with van der Waals surface area (Å²) in [5, 5.41) is 134. The van der Waals surface area contributed by atoms with Crippen LogP contribution in [0.2, 0.25) is 0 Å². The van der Waals surface area contributed by atoms with Gasteiger partial charge in [0.05, 0.1) is 33.0 Å². The van der Waals surface area contributed by atoms with Crippen molar-refractivity contribution in [3.05, 3.63) is 59.7 Å². The van der Waals surface area contributed by atoms with Crippen molar-refractivity contribution in [2.45, 2.75) is 149 Å². The smallest absolute Gasteiger partial charge is 0.407 e. The highest BCUT2D eigenvalue weighted by Crippen LogP contribution is 2.44. The van der Waals surface area contributed by atoms with Crippen molar-refractivity contribution < 1.29 is 123 Å². The van der Waals surface area contributed by atoms with E-state index >= 15 is 0 Å². The number of aliphatic carboxylic acids is 1. The summed E-state index contributed by atoms with van der Waals surface area (Å²) in [6, 6.07) is 9.86. The van der Waals surface area contributed by atoms with E-state index in [0.29, 0.717) is 0 Å². The predicted octanol–water partition coefficient (Wildman–Crippen LogP) is -6.44. The number of rotatable bonds is 19. The molecule has 2 aromatic carbocycles. The first-order chi connectivity index (χ1) is 35.3. The average Bonchev–Trinajstić information content (AvgIpc) is 3.70. The van der Waals surface area contributed by atoms with Gasteiger partial charge in [0.2, 0.25) is 11.8 Å². The monoisotopic (exact) mass is 1060 g/mol. The van der Waals surface area contributed by atoms with E-state index in [4.69, 9.17) is 42.6 Å². The number of carboxylic acid groups (broad SMARTS) is 1. The predicted molar refractivity (Wildman–Crippen MR) is 240 cm³/mol. The molecular formula is C46H63N3O25. The number of amides is 3. The summed E-state index contributed by atoms with van der Waals surface area (Å²) in [5.41, 5.74) is 3.65. The number of carboxylic acids is 1. The number of hydrogen-bond donors (Lipinski definition) is 15. The van der Waals surface area contributed by atoms with Gasteiger partial charge < -0.3 is 120 Å². The normalized spacial score (nSPS) is 37.5. The topological polar surface area (TPSA) is 430 Å². The zero-order chi connectivity index (χ0) is 53.7. The average molecular weight is 1060 g/mol. The van der Waals surface area contributed by atoms with E-state index in [0.717, 1.165) is 36.1 Å². The zero-order valence-corrected chi connectivity index (χ0v) is 39.7. The van der Waals surface area contributed by atoms with Gasteiger partial charge in [0.25, 0.3) is 0 Å². The van der Waals surface area contributed by atoms with Gasteiger partial charge in [-0.2, -0.15) is 0 Å². The minimum atomic E-state index is -2.06. The molecule has 0 radical (unpaired) electrons. The molecule has 28 nitrogen and oxygen atoms in total. The number of carbonyl (C=O) groups excluding carboxylic acids is 3. The minimum absolute atomic E-state index is 0.185. The Morgan fingerprint density at radius 3 is 1.53 bits per heavy atom. The molecule has 412 valence electrons. The quantitative estimate of drug-likeness (QED) is 0.0622. The van der Waals surface area contributed by atoms with Crippen LogP contribution in [0.3, 0.4) is 0 Å². The standard InChI is InChI=1S/C46H63N3O25/c1-17(53)47-29-34(58)39(73-44-37(61)35(59)31(55)25(11-50)69-44)27(13-52)71-42(29)67-16-28-33(57)40(74-45-38(62)36(60)32(56)26(12-51)70-45)30(48-18(2)54)43(72-28)66-15-24(41(63)64)49-46(65)68-14-23-21-9-5-3-7-19(21)20-8-4-6-10-22(20)23/h3-10,23-40,42-45,50-52,55-62H,11-16H2,1-2H3,(H,47,53)(H,48,54)(H,49,65)(H,63,64)/t24-,25+,26+,27+,28+,29+,30+,31-,32-,33-,34+,35-,36-,37+,38+,39+,40+,42+,43-,44-,45-/m0/s1. The van der Waals surface area contributed by atoms with Crippen molar-refractivity contribution in [2.75, 3.05) is 39.6 Å². The molecule has 15 N–H and O–H groups in total. The largest absolute Gasteiger partial charge is 0.480 e. The third-order valence-corrected chi connectivity index (χ3v) is 13.3. The van der Waals surface area contributed by atoms with Crippen molar-refractivity contribution in [2.24, 2.45) is 0 Å². The lowest BCUT2D eigenvalue weighted by molar-refractivity contribution is -0.357. The van der Waals surface area contributed by atoms with Crippen LogP contribution in [0.4, 0.5) is 4.79 Å². The number of ether oxygens (including phenoxy) is 9. The highest BCUT2D eigenvalue weighted by molar-refractivity contribution is 5.81. The van der Waals surface area contributed by atoms with Crippen molar-refractivity contribution in [3.63, 3.8) is 0 Å². The number of nitrogens with one attached hydrogen (secondary N) is 3. The third-order valence-electron chi connectivity index (χ3n) is 13.3. The number of alkyl carbamates (subject to hydrolysis) is 1. The van der Waals surface area contributed by atoms with Gasteiger partial charge in [0.1, 0.15) is 104 Å². The van der Waals surface area contributed by atoms with Crippen LogP contribution in [0.15, 0.2) is 48.5 Å². The summed E-state index contributed by atoms with van der Waals surface area (Å²) in [6.45, 7) is -2.51. The summed E-state index contributed by atoms with van der Waals surface area (Å²) in [5.74, 6) is -3.58. The molecule has 3 amide bonds. The van der Waals surface area contributed by atoms with Crippen LogP contribution >= 0.6 is 0 Å². The number of fused-ring (bicyclic) bond motifs is 3. The fourth-order valence-electron chi connectivity index (χ4n) is 9.52. The van der Waals surface area contributed by atoms with E-state index in [1.807, 2.05) is 48.5 Å². The Morgan fingerprint density at radius 2 is 1.01 bits per heavy atom. The van der Waals surface area contributed by atoms with E-state index in [1.165, 1.54) is 0 Å². The first-order valence-corrected chi connectivity index (χ1v) is 23.6. The molecule has 21 atom stereocenters. The number of carbonyl (C=O) groups is 4. The Hall–Kier alpha value is -4.64. The molecule has 0 saturated carbocycles. The van der Waals surface area contributed by atoms with Crippen LogP contribution in [0, 0.1) is 0 Å². The number of aliphatic hydroxyl groups is 11. The van der Waals surface area contributed by atoms with Gasteiger partial charge in [-0.3, -0.25) is 9.59 Å². The fourth-order valence-corrected chi connectivity index (χ4v) is 9.52. The lowest BCUT2D eigenvalue weighted by Gasteiger charge is -2.49. The van der Waals surface area contributed by atoms with Gasteiger partial charge in [-0.25, -0.2) is 9.59 Å². The van der Waals surface area contributed by atoms with Gasteiger partial charge in [-0.05, 0) is 22.3 Å². The van der Waals surface area contributed by atoms with Crippen LogP contribution in [0.5, 0.6) is 0 Å². The van der Waals surface area contributed by atoms with E-state index < -0.39 is 186 Å². The third kappa shape index (κ3) is 12.4. The van der Waals surface area contributed by atoms with Crippen molar-refractivity contribution >= 4 is 23.9 Å². The molecule has 1 aliphatic carbocycles. The Balaban J connectivity index is 1.10.